The van der Waals surface area contributed by atoms with Gasteiger partial charge in [0.05, 0.1) is 34.9 Å². The first-order chi connectivity index (χ1) is 14.4. The molecule has 0 amide bonds. The minimum atomic E-state index is -2.81. The van der Waals surface area contributed by atoms with Gasteiger partial charge in [-0.1, -0.05) is 36.4 Å². The number of benzene rings is 2. The zero-order chi connectivity index (χ0) is 20.8. The molecular weight excluding hydrogens is 400 g/mol. The highest BCUT2D eigenvalue weighted by Gasteiger charge is 2.34. The van der Waals surface area contributed by atoms with Crippen molar-refractivity contribution in [2.75, 3.05) is 42.3 Å². The molecule has 0 radical (unpaired) electrons. The molecule has 0 unspecified atom stereocenters. The van der Waals surface area contributed by atoms with E-state index in [1.54, 1.807) is 0 Å². The molecule has 158 valence electrons. The van der Waals surface area contributed by atoms with Crippen LogP contribution in [-0.4, -0.2) is 51.7 Å². The highest BCUT2D eigenvalue weighted by atomic mass is 32.3. The zero-order valence-electron chi connectivity index (χ0n) is 16.6. The van der Waals surface area contributed by atoms with E-state index in [-0.39, 0.29) is 11.3 Å². The number of fused-ring (bicyclic) bond motifs is 2. The predicted octanol–water partition coefficient (Wildman–Crippen LogP) is 3.50. The third kappa shape index (κ3) is 3.61. The summed E-state index contributed by atoms with van der Waals surface area (Å²) >= 11 is 0. The van der Waals surface area contributed by atoms with E-state index in [0.717, 1.165) is 28.0 Å². The van der Waals surface area contributed by atoms with Gasteiger partial charge >= 0.3 is 0 Å². The lowest BCUT2D eigenvalue weighted by atomic mass is 9.99. The topological polar surface area (TPSA) is 104 Å². The summed E-state index contributed by atoms with van der Waals surface area (Å²) in [6, 6.07) is 17.6. The summed E-state index contributed by atoms with van der Waals surface area (Å²) in [5.74, 6) is 1.09. The zero-order valence-corrected chi connectivity index (χ0v) is 17.4. The number of ether oxygens (including phenoxy) is 1. The second-order valence-corrected chi connectivity index (χ2v) is 10.3. The largest absolute Gasteiger partial charge is 0.382 e. The molecule has 8 heteroatoms. The van der Waals surface area contributed by atoms with Crippen LogP contribution >= 0.6 is 10.6 Å². The van der Waals surface area contributed by atoms with Crippen molar-refractivity contribution in [2.24, 2.45) is 5.73 Å². The molecular formula is C22H26N4O3S. The number of rotatable bonds is 4. The predicted molar refractivity (Wildman–Crippen MR) is 121 cm³/mol. The van der Waals surface area contributed by atoms with E-state index in [9.17, 15) is 9.11 Å². The number of pyridine rings is 1. The summed E-state index contributed by atoms with van der Waals surface area (Å²) in [5, 5.41) is 4.53. The molecule has 0 saturated carbocycles. The SMILES string of the molecule is NC1(CNc2cc(N3CCS(O)(O)c4ccccc4C3)nc3ccccc23)COC1. The van der Waals surface area contributed by atoms with E-state index in [1.165, 1.54) is 0 Å². The average molecular weight is 427 g/mol. The van der Waals surface area contributed by atoms with Gasteiger partial charge in [-0.15, -0.1) is 0 Å². The molecule has 1 aromatic heterocycles. The van der Waals surface area contributed by atoms with Gasteiger partial charge < -0.3 is 20.7 Å². The fourth-order valence-corrected chi connectivity index (χ4v) is 5.53. The standard InChI is InChI=1S/C22H26N4O3S/c23-22(14-29-15-22)13-24-19-11-21(25-18-7-3-2-6-17(18)19)26-9-10-30(27,28)20-8-4-1-5-16(20)12-26/h1-8,11,27-28H,9-10,12-15,23H2,(H,24,25). The number of hydrogen-bond donors (Lipinski definition) is 4. The fourth-order valence-electron chi connectivity index (χ4n) is 3.99. The smallest absolute Gasteiger partial charge is 0.131 e. The number of nitrogens with two attached hydrogens (primary N) is 1. The number of nitrogens with zero attached hydrogens (tertiary/aromatic N) is 2. The Hall–Kier alpha value is -2.36. The van der Waals surface area contributed by atoms with E-state index < -0.39 is 10.6 Å². The monoisotopic (exact) mass is 426 g/mol. The molecule has 3 aromatic rings. The highest BCUT2D eigenvalue weighted by molar-refractivity contribution is 8.24. The number of hydrogen-bond acceptors (Lipinski definition) is 7. The van der Waals surface area contributed by atoms with Gasteiger partial charge in [-0.25, -0.2) is 4.98 Å². The van der Waals surface area contributed by atoms with Crippen LogP contribution in [0, 0.1) is 0 Å². The minimum absolute atomic E-state index is 0.282. The summed E-state index contributed by atoms with van der Waals surface area (Å²) in [6.45, 7) is 2.80. The first kappa shape index (κ1) is 19.6. The minimum Gasteiger partial charge on any atom is -0.382 e. The Morgan fingerprint density at radius 1 is 1.13 bits per heavy atom. The molecule has 0 atom stereocenters. The van der Waals surface area contributed by atoms with Gasteiger partial charge in [0, 0.05) is 36.8 Å². The number of para-hydroxylation sites is 1. The lowest BCUT2D eigenvalue weighted by Gasteiger charge is -2.38. The summed E-state index contributed by atoms with van der Waals surface area (Å²) in [4.78, 5) is 7.63. The van der Waals surface area contributed by atoms with Gasteiger partial charge in [-0.3, -0.25) is 9.11 Å². The summed E-state index contributed by atoms with van der Waals surface area (Å²) < 4.78 is 26.6. The normalized spacial score (nSPS) is 20.7. The quantitative estimate of drug-likeness (QED) is 0.506. The van der Waals surface area contributed by atoms with E-state index >= 15 is 0 Å². The van der Waals surface area contributed by atoms with Crippen LogP contribution in [0.3, 0.4) is 0 Å². The number of aromatic nitrogens is 1. The van der Waals surface area contributed by atoms with E-state index in [1.807, 2.05) is 54.6 Å². The lowest BCUT2D eigenvalue weighted by molar-refractivity contribution is -0.0461. The van der Waals surface area contributed by atoms with Crippen molar-refractivity contribution in [3.63, 3.8) is 0 Å². The van der Waals surface area contributed by atoms with Gasteiger partial charge in [-0.05, 0) is 17.7 Å². The summed E-state index contributed by atoms with van der Waals surface area (Å²) in [6.07, 6.45) is 0. The van der Waals surface area contributed by atoms with Crippen molar-refractivity contribution in [1.82, 2.24) is 4.98 Å². The Morgan fingerprint density at radius 3 is 2.70 bits per heavy atom. The molecule has 0 aliphatic carbocycles. The first-order valence-electron chi connectivity index (χ1n) is 10.0. The van der Waals surface area contributed by atoms with Crippen LogP contribution in [0.1, 0.15) is 5.56 Å². The van der Waals surface area contributed by atoms with Crippen molar-refractivity contribution in [3.05, 3.63) is 60.2 Å². The fraction of sp³-hybridized carbons (Fsp3) is 0.318. The summed E-state index contributed by atoms with van der Waals surface area (Å²) in [7, 11) is -2.81. The first-order valence-corrected chi connectivity index (χ1v) is 11.7. The molecule has 7 nitrogen and oxygen atoms in total. The molecule has 0 spiro atoms. The second kappa shape index (κ2) is 7.40. The average Bonchev–Trinajstić information content (AvgIpc) is 2.86. The van der Waals surface area contributed by atoms with Crippen LogP contribution in [-0.2, 0) is 11.3 Å². The van der Waals surface area contributed by atoms with Crippen LogP contribution in [0.4, 0.5) is 11.5 Å². The molecule has 1 fully saturated rings. The molecule has 30 heavy (non-hydrogen) atoms. The highest BCUT2D eigenvalue weighted by Crippen LogP contribution is 2.51. The van der Waals surface area contributed by atoms with Gasteiger partial charge in [0.15, 0.2) is 0 Å². The van der Waals surface area contributed by atoms with Crippen LogP contribution < -0.4 is 16.0 Å². The van der Waals surface area contributed by atoms with Crippen LogP contribution in [0.15, 0.2) is 59.5 Å². The molecule has 5 rings (SSSR count). The van der Waals surface area contributed by atoms with Crippen molar-refractivity contribution in [3.8, 4) is 0 Å². The van der Waals surface area contributed by atoms with Gasteiger partial charge in [-0.2, -0.15) is 10.6 Å². The third-order valence-electron chi connectivity index (χ3n) is 5.77. The van der Waals surface area contributed by atoms with Gasteiger partial charge in [0.1, 0.15) is 5.82 Å². The Morgan fingerprint density at radius 2 is 1.90 bits per heavy atom. The summed E-state index contributed by atoms with van der Waals surface area (Å²) in [5.41, 5.74) is 8.75. The van der Waals surface area contributed by atoms with Crippen molar-refractivity contribution >= 4 is 33.0 Å². The number of nitrogens with one attached hydrogen (secondary N) is 1. The van der Waals surface area contributed by atoms with Crippen LogP contribution in [0.25, 0.3) is 10.9 Å². The molecule has 2 aromatic carbocycles. The Balaban J connectivity index is 1.51. The maximum absolute atomic E-state index is 10.7. The Kier molecular flexibility index (Phi) is 4.83. The van der Waals surface area contributed by atoms with Gasteiger partial charge in [0.2, 0.25) is 0 Å². The van der Waals surface area contributed by atoms with Crippen molar-refractivity contribution < 1.29 is 13.8 Å². The molecule has 2 aliphatic heterocycles. The number of anilines is 2. The van der Waals surface area contributed by atoms with E-state index in [2.05, 4.69) is 10.2 Å². The Bertz CT molecular complexity index is 1090. The lowest BCUT2D eigenvalue weighted by Crippen LogP contribution is -2.61. The van der Waals surface area contributed by atoms with Crippen LogP contribution in [0.2, 0.25) is 0 Å². The van der Waals surface area contributed by atoms with Crippen LogP contribution in [0.5, 0.6) is 0 Å². The molecule has 0 bridgehead atoms. The third-order valence-corrected chi connectivity index (χ3v) is 7.62. The van der Waals surface area contributed by atoms with Gasteiger partial charge in [0.25, 0.3) is 0 Å². The van der Waals surface area contributed by atoms with E-state index in [0.29, 0.717) is 37.7 Å². The molecule has 2 aliphatic rings. The second-order valence-electron chi connectivity index (χ2n) is 8.15. The molecule has 3 heterocycles. The molecule has 1 saturated heterocycles. The maximum Gasteiger partial charge on any atom is 0.131 e. The van der Waals surface area contributed by atoms with E-state index in [4.69, 9.17) is 15.5 Å². The Labute approximate surface area is 177 Å². The molecule has 5 N–H and O–H groups in total. The maximum atomic E-state index is 10.7. The van der Waals surface area contributed by atoms with Crippen molar-refractivity contribution in [2.45, 2.75) is 17.0 Å². The van der Waals surface area contributed by atoms with Crippen molar-refractivity contribution in [1.29, 1.82) is 0 Å².